The molecule has 2 aliphatic heterocycles. The number of fused-ring (bicyclic) bond motifs is 1. The van der Waals surface area contributed by atoms with Gasteiger partial charge in [0, 0.05) is 32.3 Å². The predicted octanol–water partition coefficient (Wildman–Crippen LogP) is 3.00. The van der Waals surface area contributed by atoms with E-state index in [0.29, 0.717) is 13.2 Å². The van der Waals surface area contributed by atoms with Gasteiger partial charge in [0.25, 0.3) is 5.91 Å². The van der Waals surface area contributed by atoms with Crippen molar-refractivity contribution in [3.05, 3.63) is 17.5 Å². The van der Waals surface area contributed by atoms with E-state index >= 15 is 0 Å². The lowest BCUT2D eigenvalue weighted by Crippen LogP contribution is -2.48. The van der Waals surface area contributed by atoms with Crippen LogP contribution in [0.2, 0.25) is 0 Å². The molecule has 0 spiro atoms. The van der Waals surface area contributed by atoms with Gasteiger partial charge in [0.2, 0.25) is 0 Å². The summed E-state index contributed by atoms with van der Waals surface area (Å²) in [6.07, 6.45) is 10.9. The Hall–Kier alpha value is -1.40. The van der Waals surface area contributed by atoms with Crippen LogP contribution in [0.15, 0.2) is 6.07 Å². The number of hydrogen-bond donors (Lipinski definition) is 1. The monoisotopic (exact) mass is 374 g/mol. The highest BCUT2D eigenvalue weighted by atomic mass is 16.5. The van der Waals surface area contributed by atoms with Crippen molar-refractivity contribution in [2.45, 2.75) is 96.0 Å². The summed E-state index contributed by atoms with van der Waals surface area (Å²) < 4.78 is 7.91. The van der Waals surface area contributed by atoms with Crippen molar-refractivity contribution in [1.82, 2.24) is 20.0 Å². The van der Waals surface area contributed by atoms with Crippen molar-refractivity contribution in [3.63, 3.8) is 0 Å². The lowest BCUT2D eigenvalue weighted by atomic mass is 9.94. The van der Waals surface area contributed by atoms with E-state index in [2.05, 4.69) is 21.0 Å². The van der Waals surface area contributed by atoms with Gasteiger partial charge in [-0.25, -0.2) is 0 Å². The largest absolute Gasteiger partial charge is 0.365 e. The molecule has 1 saturated carbocycles. The molecule has 1 atom stereocenters. The Balaban J connectivity index is 1.36. The molecule has 0 aromatic carbocycles. The second-order valence-electron chi connectivity index (χ2n) is 8.69. The molecule has 6 heteroatoms. The molecular weight excluding hydrogens is 340 g/mol. The summed E-state index contributed by atoms with van der Waals surface area (Å²) in [6, 6.07) is 2.93. The third-order valence-corrected chi connectivity index (χ3v) is 6.56. The molecule has 0 unspecified atom stereocenters. The first kappa shape index (κ1) is 18.9. The smallest absolute Gasteiger partial charge is 0.252 e. The maximum absolute atomic E-state index is 12.6. The molecule has 6 nitrogen and oxygen atoms in total. The van der Waals surface area contributed by atoms with Gasteiger partial charge < -0.3 is 10.1 Å². The number of nitrogens with zero attached hydrogens (tertiary/aromatic N) is 3. The molecule has 1 N–H and O–H groups in total. The fourth-order valence-corrected chi connectivity index (χ4v) is 4.86. The molecule has 0 bridgehead atoms. The van der Waals surface area contributed by atoms with E-state index in [4.69, 9.17) is 9.84 Å². The summed E-state index contributed by atoms with van der Waals surface area (Å²) in [6.45, 7) is 6.22. The van der Waals surface area contributed by atoms with Crippen LogP contribution >= 0.6 is 0 Å². The van der Waals surface area contributed by atoms with Crippen LogP contribution in [0.1, 0.15) is 76.1 Å². The second-order valence-corrected chi connectivity index (χ2v) is 8.69. The zero-order valence-corrected chi connectivity index (χ0v) is 16.7. The van der Waals surface area contributed by atoms with E-state index in [9.17, 15) is 4.79 Å². The molecular formula is C21H34N4O2. The fraction of sp³-hybridized carbons (Fsp3) is 0.810. The van der Waals surface area contributed by atoms with E-state index in [0.717, 1.165) is 50.5 Å². The number of aromatic nitrogens is 2. The predicted molar refractivity (Wildman–Crippen MR) is 104 cm³/mol. The van der Waals surface area contributed by atoms with E-state index in [-0.39, 0.29) is 5.91 Å². The first-order chi connectivity index (χ1) is 13.1. The van der Waals surface area contributed by atoms with Crippen LogP contribution in [0.4, 0.5) is 0 Å². The quantitative estimate of drug-likeness (QED) is 0.880. The first-order valence-electron chi connectivity index (χ1n) is 10.9. The summed E-state index contributed by atoms with van der Waals surface area (Å²) in [5.74, 6) is -0.00535. The lowest BCUT2D eigenvalue weighted by molar-refractivity contribution is -0.150. The third-order valence-electron chi connectivity index (χ3n) is 6.56. The highest BCUT2D eigenvalue weighted by Gasteiger charge is 2.35. The van der Waals surface area contributed by atoms with Crippen molar-refractivity contribution >= 4 is 5.91 Å². The maximum atomic E-state index is 12.6. The number of aryl methyl sites for hydroxylation is 1. The molecule has 1 amide bonds. The van der Waals surface area contributed by atoms with E-state index in [1.165, 1.54) is 44.3 Å². The molecule has 150 valence electrons. The first-order valence-corrected chi connectivity index (χ1v) is 10.9. The molecule has 1 aromatic rings. The minimum absolute atomic E-state index is 0.00535. The number of amides is 1. The number of ether oxygens (including phenoxy) is 1. The minimum atomic E-state index is -0.674. The van der Waals surface area contributed by atoms with Crippen molar-refractivity contribution in [2.24, 2.45) is 0 Å². The van der Waals surface area contributed by atoms with Crippen molar-refractivity contribution in [1.29, 1.82) is 0 Å². The Morgan fingerprint density at radius 1 is 1.22 bits per heavy atom. The average Bonchev–Trinajstić information content (AvgIpc) is 2.97. The maximum Gasteiger partial charge on any atom is 0.252 e. The molecule has 4 rings (SSSR count). The summed E-state index contributed by atoms with van der Waals surface area (Å²) in [5, 5.41) is 7.82. The molecule has 0 radical (unpaired) electrons. The lowest BCUT2D eigenvalue weighted by Gasteiger charge is -2.33. The van der Waals surface area contributed by atoms with Gasteiger partial charge in [0.05, 0.1) is 17.9 Å². The Morgan fingerprint density at radius 2 is 2.07 bits per heavy atom. The molecule has 3 aliphatic rings. The van der Waals surface area contributed by atoms with Gasteiger partial charge in [-0.3, -0.25) is 14.4 Å². The van der Waals surface area contributed by atoms with Gasteiger partial charge >= 0.3 is 0 Å². The second kappa shape index (κ2) is 8.31. The van der Waals surface area contributed by atoms with Crippen molar-refractivity contribution in [2.75, 3.05) is 13.2 Å². The van der Waals surface area contributed by atoms with Gasteiger partial charge in [-0.15, -0.1) is 0 Å². The van der Waals surface area contributed by atoms with Crippen LogP contribution in [0.5, 0.6) is 0 Å². The summed E-state index contributed by atoms with van der Waals surface area (Å²) in [5.41, 5.74) is 1.58. The van der Waals surface area contributed by atoms with Crippen LogP contribution in [0, 0.1) is 0 Å². The number of carbonyl (C=O) groups is 1. The fourth-order valence-electron chi connectivity index (χ4n) is 4.86. The molecule has 2 fully saturated rings. The van der Waals surface area contributed by atoms with Crippen molar-refractivity contribution in [3.8, 4) is 0 Å². The van der Waals surface area contributed by atoms with Crippen LogP contribution in [0.3, 0.4) is 0 Å². The molecule has 1 aromatic heterocycles. The number of hydrogen-bond acceptors (Lipinski definition) is 4. The number of nitrogens with one attached hydrogen (secondary N) is 1. The molecule has 3 heterocycles. The molecule has 1 saturated heterocycles. The zero-order valence-electron chi connectivity index (χ0n) is 16.7. The van der Waals surface area contributed by atoms with E-state index < -0.39 is 5.60 Å². The minimum Gasteiger partial charge on any atom is -0.365 e. The zero-order chi connectivity index (χ0) is 18.7. The van der Waals surface area contributed by atoms with Gasteiger partial charge in [0.15, 0.2) is 0 Å². The molecule has 27 heavy (non-hydrogen) atoms. The van der Waals surface area contributed by atoms with E-state index in [1.807, 2.05) is 6.92 Å². The number of carbonyl (C=O) groups excluding carboxylic acids is 1. The van der Waals surface area contributed by atoms with Crippen LogP contribution in [-0.2, 0) is 29.2 Å². The SMILES string of the molecule is C[C@]1(C(=O)NCc2cc3n(n2)CCCN(C2CCCCC2)C3)CCCCO1. The third kappa shape index (κ3) is 4.37. The summed E-state index contributed by atoms with van der Waals surface area (Å²) >= 11 is 0. The Bertz CT molecular complexity index is 645. The van der Waals surface area contributed by atoms with Crippen LogP contribution in [-0.4, -0.2) is 45.4 Å². The Morgan fingerprint density at radius 3 is 2.85 bits per heavy atom. The summed E-state index contributed by atoms with van der Waals surface area (Å²) in [7, 11) is 0. The van der Waals surface area contributed by atoms with Crippen molar-refractivity contribution < 1.29 is 9.53 Å². The van der Waals surface area contributed by atoms with Gasteiger partial charge in [-0.2, -0.15) is 5.10 Å². The highest BCUT2D eigenvalue weighted by Crippen LogP contribution is 2.27. The molecule has 1 aliphatic carbocycles. The number of rotatable bonds is 4. The normalized spacial score (nSPS) is 27.7. The van der Waals surface area contributed by atoms with Gasteiger partial charge in [0.1, 0.15) is 5.60 Å². The van der Waals surface area contributed by atoms with Gasteiger partial charge in [-0.05, 0) is 51.5 Å². The van der Waals surface area contributed by atoms with Crippen LogP contribution in [0.25, 0.3) is 0 Å². The standard InChI is InChI=1S/C21H34N4O2/c1-21(10-5-6-13-27-21)20(26)22-15-17-14-19-16-24(11-7-12-25(19)23-17)18-8-3-2-4-9-18/h14,18H,2-13,15-16H2,1H3,(H,22,26)/t21-/m1/s1. The topological polar surface area (TPSA) is 59.4 Å². The average molecular weight is 375 g/mol. The highest BCUT2D eigenvalue weighted by molar-refractivity contribution is 5.84. The Kier molecular flexibility index (Phi) is 5.83. The van der Waals surface area contributed by atoms with Gasteiger partial charge in [-0.1, -0.05) is 19.3 Å². The van der Waals surface area contributed by atoms with Crippen LogP contribution < -0.4 is 5.32 Å². The van der Waals surface area contributed by atoms with E-state index in [1.54, 1.807) is 0 Å². The Labute approximate surface area is 162 Å². The summed E-state index contributed by atoms with van der Waals surface area (Å²) in [4.78, 5) is 15.2.